The number of ketones is 1. The molecule has 1 aromatic rings. The minimum Gasteiger partial charge on any atom is -0.489 e. The maximum absolute atomic E-state index is 13.4. The number of hydrogen-bond acceptors (Lipinski definition) is 3. The van der Waals surface area contributed by atoms with Gasteiger partial charge in [0.25, 0.3) is 0 Å². The third-order valence-corrected chi connectivity index (χ3v) is 2.53. The topological polar surface area (TPSA) is 38.3 Å². The molecule has 1 aromatic carbocycles. The standard InChI is InChI=1S/C14H20FNO2/c1-10(17)4-5-12-6-13(15)8-14(7-12)18-11(2)9-16-3/h6-8,11,16H,4-5,9H2,1-3H3/t11-/m0/s1. The molecule has 18 heavy (non-hydrogen) atoms. The predicted octanol–water partition coefficient (Wildman–Crippen LogP) is 2.33. The van der Waals surface area contributed by atoms with E-state index in [1.54, 1.807) is 6.07 Å². The SMILES string of the molecule is CNC[C@H](C)Oc1cc(F)cc(CCC(C)=O)c1. The molecule has 0 heterocycles. The molecule has 100 valence electrons. The molecular weight excluding hydrogens is 233 g/mol. The highest BCUT2D eigenvalue weighted by Crippen LogP contribution is 2.19. The molecule has 3 nitrogen and oxygen atoms in total. The van der Waals surface area contributed by atoms with Gasteiger partial charge >= 0.3 is 0 Å². The highest BCUT2D eigenvalue weighted by molar-refractivity contribution is 5.75. The Hall–Kier alpha value is -1.42. The summed E-state index contributed by atoms with van der Waals surface area (Å²) in [5, 5.41) is 2.99. The first kappa shape index (κ1) is 14.6. The number of carbonyl (C=O) groups excluding carboxylic acids is 1. The van der Waals surface area contributed by atoms with Gasteiger partial charge in [-0.1, -0.05) is 0 Å². The number of rotatable bonds is 7. The lowest BCUT2D eigenvalue weighted by Crippen LogP contribution is -2.26. The fourth-order valence-electron chi connectivity index (χ4n) is 1.71. The van der Waals surface area contributed by atoms with Gasteiger partial charge in [0, 0.05) is 19.0 Å². The average molecular weight is 253 g/mol. The third kappa shape index (κ3) is 5.27. The number of Topliss-reactive ketones (excluding diaryl/α,β-unsaturated/α-hetero) is 1. The smallest absolute Gasteiger partial charge is 0.130 e. The lowest BCUT2D eigenvalue weighted by molar-refractivity contribution is -0.116. The maximum atomic E-state index is 13.4. The van der Waals surface area contributed by atoms with Crippen molar-refractivity contribution in [2.24, 2.45) is 0 Å². The minimum absolute atomic E-state index is 0.0301. The summed E-state index contributed by atoms with van der Waals surface area (Å²) in [5.41, 5.74) is 0.789. The Morgan fingerprint density at radius 2 is 2.17 bits per heavy atom. The Morgan fingerprint density at radius 1 is 1.44 bits per heavy atom. The van der Waals surface area contributed by atoms with Gasteiger partial charge in [-0.15, -0.1) is 0 Å². The monoisotopic (exact) mass is 253 g/mol. The van der Waals surface area contributed by atoms with Crippen LogP contribution in [0.4, 0.5) is 4.39 Å². The summed E-state index contributed by atoms with van der Waals surface area (Å²) in [6.07, 6.45) is 0.941. The second kappa shape index (κ2) is 7.11. The van der Waals surface area contributed by atoms with E-state index in [-0.39, 0.29) is 17.7 Å². The molecule has 0 aliphatic carbocycles. The van der Waals surface area contributed by atoms with Crippen molar-refractivity contribution < 1.29 is 13.9 Å². The molecule has 0 unspecified atom stereocenters. The molecule has 0 fully saturated rings. The van der Waals surface area contributed by atoms with Crippen LogP contribution in [-0.2, 0) is 11.2 Å². The summed E-state index contributed by atoms with van der Waals surface area (Å²) < 4.78 is 19.0. The quantitative estimate of drug-likeness (QED) is 0.810. The zero-order valence-electron chi connectivity index (χ0n) is 11.1. The third-order valence-electron chi connectivity index (χ3n) is 2.53. The maximum Gasteiger partial charge on any atom is 0.130 e. The van der Waals surface area contributed by atoms with E-state index in [1.165, 1.54) is 19.1 Å². The van der Waals surface area contributed by atoms with Gasteiger partial charge in [-0.2, -0.15) is 0 Å². The Kier molecular flexibility index (Phi) is 5.78. The van der Waals surface area contributed by atoms with Gasteiger partial charge in [-0.3, -0.25) is 0 Å². The molecular formula is C14H20FNO2. The molecule has 0 spiro atoms. The van der Waals surface area contributed by atoms with Crippen molar-refractivity contribution >= 4 is 5.78 Å². The number of halogens is 1. The Balaban J connectivity index is 2.70. The van der Waals surface area contributed by atoms with Crippen LogP contribution in [0.25, 0.3) is 0 Å². The molecule has 0 saturated heterocycles. The number of likely N-dealkylation sites (N-methyl/N-ethyl adjacent to an activating group) is 1. The zero-order chi connectivity index (χ0) is 13.5. The van der Waals surface area contributed by atoms with Crippen LogP contribution in [0.5, 0.6) is 5.75 Å². The van der Waals surface area contributed by atoms with Crippen LogP contribution >= 0.6 is 0 Å². The van der Waals surface area contributed by atoms with E-state index in [0.717, 1.165) is 5.56 Å². The zero-order valence-corrected chi connectivity index (χ0v) is 11.1. The first-order valence-electron chi connectivity index (χ1n) is 6.11. The average Bonchev–Trinajstić information content (AvgIpc) is 2.25. The van der Waals surface area contributed by atoms with E-state index in [1.807, 2.05) is 14.0 Å². The Labute approximate surface area is 107 Å². The van der Waals surface area contributed by atoms with Gasteiger partial charge in [-0.05, 0) is 45.0 Å². The first-order valence-corrected chi connectivity index (χ1v) is 6.11. The van der Waals surface area contributed by atoms with Crippen LogP contribution in [0.3, 0.4) is 0 Å². The van der Waals surface area contributed by atoms with Gasteiger partial charge < -0.3 is 14.8 Å². The predicted molar refractivity (Wildman–Crippen MR) is 69.4 cm³/mol. The van der Waals surface area contributed by atoms with Crippen molar-refractivity contribution in [3.63, 3.8) is 0 Å². The molecule has 0 aliphatic heterocycles. The van der Waals surface area contributed by atoms with Crippen molar-refractivity contribution in [2.75, 3.05) is 13.6 Å². The van der Waals surface area contributed by atoms with Crippen molar-refractivity contribution in [3.8, 4) is 5.75 Å². The molecule has 0 amide bonds. The molecule has 0 aliphatic rings. The molecule has 1 atom stereocenters. The lowest BCUT2D eigenvalue weighted by Gasteiger charge is -2.15. The van der Waals surface area contributed by atoms with E-state index in [2.05, 4.69) is 5.32 Å². The van der Waals surface area contributed by atoms with Crippen LogP contribution in [0, 0.1) is 5.82 Å². The van der Waals surface area contributed by atoms with E-state index in [9.17, 15) is 9.18 Å². The highest BCUT2D eigenvalue weighted by Gasteiger charge is 2.07. The molecule has 1 N–H and O–H groups in total. The summed E-state index contributed by atoms with van der Waals surface area (Å²) >= 11 is 0. The highest BCUT2D eigenvalue weighted by atomic mass is 19.1. The van der Waals surface area contributed by atoms with Crippen LogP contribution < -0.4 is 10.1 Å². The van der Waals surface area contributed by atoms with E-state index >= 15 is 0 Å². The van der Waals surface area contributed by atoms with Crippen molar-refractivity contribution in [1.29, 1.82) is 0 Å². The van der Waals surface area contributed by atoms with Crippen molar-refractivity contribution in [2.45, 2.75) is 32.8 Å². The van der Waals surface area contributed by atoms with Crippen molar-refractivity contribution in [1.82, 2.24) is 5.32 Å². The molecule has 0 saturated carbocycles. The van der Waals surface area contributed by atoms with Gasteiger partial charge in [-0.25, -0.2) is 4.39 Å². The van der Waals surface area contributed by atoms with E-state index in [4.69, 9.17) is 4.74 Å². The fourth-order valence-corrected chi connectivity index (χ4v) is 1.71. The van der Waals surface area contributed by atoms with Crippen molar-refractivity contribution in [3.05, 3.63) is 29.6 Å². The number of hydrogen-bond donors (Lipinski definition) is 1. The number of ether oxygens (including phenoxy) is 1. The van der Waals surface area contributed by atoms with Gasteiger partial charge in [0.2, 0.25) is 0 Å². The number of benzene rings is 1. The van der Waals surface area contributed by atoms with Crippen LogP contribution in [-0.4, -0.2) is 25.5 Å². The minimum atomic E-state index is -0.331. The Morgan fingerprint density at radius 3 is 2.78 bits per heavy atom. The van der Waals surface area contributed by atoms with E-state index < -0.39 is 0 Å². The van der Waals surface area contributed by atoms with Gasteiger partial charge in [0.1, 0.15) is 23.5 Å². The summed E-state index contributed by atoms with van der Waals surface area (Å²) in [6.45, 7) is 4.14. The van der Waals surface area contributed by atoms with Gasteiger partial charge in [0.05, 0.1) is 0 Å². The van der Waals surface area contributed by atoms with Crippen LogP contribution in [0.2, 0.25) is 0 Å². The summed E-state index contributed by atoms with van der Waals surface area (Å²) in [7, 11) is 1.84. The number of nitrogens with one attached hydrogen (secondary N) is 1. The lowest BCUT2D eigenvalue weighted by atomic mass is 10.1. The molecule has 0 bridgehead atoms. The number of carbonyl (C=O) groups is 1. The molecule has 0 aromatic heterocycles. The molecule has 0 radical (unpaired) electrons. The van der Waals surface area contributed by atoms with Gasteiger partial charge in [0.15, 0.2) is 0 Å². The van der Waals surface area contributed by atoms with Crippen LogP contribution in [0.15, 0.2) is 18.2 Å². The first-order chi connectivity index (χ1) is 8.51. The molecule has 4 heteroatoms. The van der Waals surface area contributed by atoms with Crippen LogP contribution in [0.1, 0.15) is 25.8 Å². The Bertz CT molecular complexity index is 407. The normalized spacial score (nSPS) is 12.2. The van der Waals surface area contributed by atoms with E-state index in [0.29, 0.717) is 25.1 Å². The largest absolute Gasteiger partial charge is 0.489 e. The number of aryl methyl sites for hydroxylation is 1. The molecule has 1 rings (SSSR count). The second-order valence-electron chi connectivity index (χ2n) is 4.48. The second-order valence-corrected chi connectivity index (χ2v) is 4.48. The summed E-state index contributed by atoms with van der Waals surface area (Å²) in [4.78, 5) is 10.9. The summed E-state index contributed by atoms with van der Waals surface area (Å²) in [5.74, 6) is 0.282. The summed E-state index contributed by atoms with van der Waals surface area (Å²) in [6, 6.07) is 4.60. The fraction of sp³-hybridized carbons (Fsp3) is 0.500.